The number of nitrogens with zero attached hydrogens (tertiary/aromatic N) is 2. The van der Waals surface area contributed by atoms with Crippen LogP contribution in [-0.2, 0) is 0 Å². The minimum atomic E-state index is 0.440. The standard InChI is InChI=1S/C19H19N3O/c1-13-6-7-17-16(10-13)19(22-12-21-17)20-11-14-8-9-23-18-5-3-2-4-15(14)18/h2-7,10,12,14H,8-9,11H2,1H3,(H,20,21,22). The van der Waals surface area contributed by atoms with Crippen LogP contribution >= 0.6 is 0 Å². The third kappa shape index (κ3) is 2.72. The Morgan fingerprint density at radius 3 is 3.04 bits per heavy atom. The average molecular weight is 305 g/mol. The van der Waals surface area contributed by atoms with Crippen LogP contribution in [0.25, 0.3) is 10.9 Å². The van der Waals surface area contributed by atoms with E-state index in [0.717, 1.165) is 42.0 Å². The van der Waals surface area contributed by atoms with E-state index >= 15 is 0 Å². The van der Waals surface area contributed by atoms with E-state index in [1.165, 1.54) is 11.1 Å². The molecule has 1 atom stereocenters. The molecule has 4 rings (SSSR count). The van der Waals surface area contributed by atoms with Gasteiger partial charge in [-0.1, -0.05) is 29.8 Å². The van der Waals surface area contributed by atoms with Crippen molar-refractivity contribution in [2.45, 2.75) is 19.3 Å². The lowest BCUT2D eigenvalue weighted by molar-refractivity contribution is 0.270. The molecule has 116 valence electrons. The van der Waals surface area contributed by atoms with Crippen LogP contribution in [0.4, 0.5) is 5.82 Å². The molecular formula is C19H19N3O. The van der Waals surface area contributed by atoms with E-state index in [2.05, 4.69) is 46.5 Å². The Balaban J connectivity index is 1.60. The molecule has 0 spiro atoms. The molecule has 0 aliphatic carbocycles. The average Bonchev–Trinajstić information content (AvgIpc) is 2.60. The maximum atomic E-state index is 5.74. The molecule has 0 bridgehead atoms. The van der Waals surface area contributed by atoms with Gasteiger partial charge in [0.05, 0.1) is 12.1 Å². The number of benzene rings is 2. The zero-order valence-corrected chi connectivity index (χ0v) is 13.1. The number of ether oxygens (including phenoxy) is 1. The summed E-state index contributed by atoms with van der Waals surface area (Å²) in [5.74, 6) is 2.35. The van der Waals surface area contributed by atoms with Crippen LogP contribution < -0.4 is 10.1 Å². The van der Waals surface area contributed by atoms with Gasteiger partial charge >= 0.3 is 0 Å². The normalized spacial score (nSPS) is 16.7. The molecule has 0 fully saturated rings. The van der Waals surface area contributed by atoms with Crippen LogP contribution in [0, 0.1) is 6.92 Å². The van der Waals surface area contributed by atoms with E-state index in [1.54, 1.807) is 6.33 Å². The van der Waals surface area contributed by atoms with Gasteiger partial charge in [-0.05, 0) is 37.1 Å². The minimum absolute atomic E-state index is 0.440. The van der Waals surface area contributed by atoms with Gasteiger partial charge in [-0.15, -0.1) is 0 Å². The number of anilines is 1. The molecular weight excluding hydrogens is 286 g/mol. The first-order chi connectivity index (χ1) is 11.3. The van der Waals surface area contributed by atoms with E-state index in [9.17, 15) is 0 Å². The highest BCUT2D eigenvalue weighted by Crippen LogP contribution is 2.33. The quantitative estimate of drug-likeness (QED) is 0.797. The van der Waals surface area contributed by atoms with Gasteiger partial charge in [0.15, 0.2) is 0 Å². The SMILES string of the molecule is Cc1ccc2ncnc(NCC3CCOc4ccccc43)c2c1. The molecule has 0 amide bonds. The molecule has 23 heavy (non-hydrogen) atoms. The van der Waals surface area contributed by atoms with E-state index in [0.29, 0.717) is 5.92 Å². The van der Waals surface area contributed by atoms with Gasteiger partial charge in [0, 0.05) is 17.8 Å². The molecule has 1 aromatic heterocycles. The molecule has 1 N–H and O–H groups in total. The van der Waals surface area contributed by atoms with Crippen molar-refractivity contribution in [2.75, 3.05) is 18.5 Å². The van der Waals surface area contributed by atoms with E-state index in [1.807, 2.05) is 18.2 Å². The molecule has 2 aromatic carbocycles. The molecule has 1 aliphatic rings. The molecule has 0 radical (unpaired) electrons. The van der Waals surface area contributed by atoms with Gasteiger partial charge in [0.1, 0.15) is 17.9 Å². The van der Waals surface area contributed by atoms with Crippen LogP contribution in [-0.4, -0.2) is 23.1 Å². The Bertz CT molecular complexity index is 847. The van der Waals surface area contributed by atoms with Crippen molar-refractivity contribution < 1.29 is 4.74 Å². The van der Waals surface area contributed by atoms with Gasteiger partial charge < -0.3 is 10.1 Å². The highest BCUT2D eigenvalue weighted by molar-refractivity contribution is 5.89. The molecule has 3 aromatic rings. The van der Waals surface area contributed by atoms with E-state index in [4.69, 9.17) is 4.74 Å². The Kier molecular flexibility index (Phi) is 3.58. The van der Waals surface area contributed by atoms with Crippen molar-refractivity contribution in [1.29, 1.82) is 0 Å². The van der Waals surface area contributed by atoms with Gasteiger partial charge in [-0.2, -0.15) is 0 Å². The Morgan fingerprint density at radius 1 is 1.17 bits per heavy atom. The van der Waals surface area contributed by atoms with Gasteiger partial charge in [0.2, 0.25) is 0 Å². The molecule has 0 saturated heterocycles. The monoisotopic (exact) mass is 305 g/mol. The largest absolute Gasteiger partial charge is 0.493 e. The number of rotatable bonds is 3. The summed E-state index contributed by atoms with van der Waals surface area (Å²) in [5, 5.41) is 4.60. The number of aryl methyl sites for hydroxylation is 1. The molecule has 1 aliphatic heterocycles. The summed E-state index contributed by atoms with van der Waals surface area (Å²) in [6, 6.07) is 14.6. The summed E-state index contributed by atoms with van der Waals surface area (Å²) < 4.78 is 5.74. The Morgan fingerprint density at radius 2 is 2.09 bits per heavy atom. The van der Waals surface area contributed by atoms with Gasteiger partial charge in [-0.3, -0.25) is 0 Å². The number of hydrogen-bond donors (Lipinski definition) is 1. The maximum absolute atomic E-state index is 5.74. The summed E-state index contributed by atoms with van der Waals surface area (Å²) in [6.07, 6.45) is 2.64. The Hall–Kier alpha value is -2.62. The predicted molar refractivity (Wildman–Crippen MR) is 92.1 cm³/mol. The minimum Gasteiger partial charge on any atom is -0.493 e. The molecule has 4 nitrogen and oxygen atoms in total. The topological polar surface area (TPSA) is 47.0 Å². The molecule has 1 unspecified atom stereocenters. The first-order valence-electron chi connectivity index (χ1n) is 7.98. The summed E-state index contributed by atoms with van der Waals surface area (Å²) in [7, 11) is 0. The lowest BCUT2D eigenvalue weighted by Gasteiger charge is -2.26. The predicted octanol–water partition coefficient (Wildman–Crippen LogP) is 3.92. The zero-order valence-electron chi connectivity index (χ0n) is 13.1. The fourth-order valence-corrected chi connectivity index (χ4v) is 3.16. The van der Waals surface area contributed by atoms with Gasteiger partial charge in [0.25, 0.3) is 0 Å². The van der Waals surface area contributed by atoms with Crippen molar-refractivity contribution in [2.24, 2.45) is 0 Å². The first-order valence-corrected chi connectivity index (χ1v) is 7.98. The lowest BCUT2D eigenvalue weighted by Crippen LogP contribution is -2.21. The highest BCUT2D eigenvalue weighted by atomic mass is 16.5. The highest BCUT2D eigenvalue weighted by Gasteiger charge is 2.21. The van der Waals surface area contributed by atoms with Crippen molar-refractivity contribution in [3.05, 3.63) is 59.9 Å². The Labute approximate surface area is 135 Å². The second-order valence-corrected chi connectivity index (χ2v) is 6.00. The summed E-state index contributed by atoms with van der Waals surface area (Å²) in [5.41, 5.74) is 3.47. The van der Waals surface area contributed by atoms with Crippen LogP contribution in [0.3, 0.4) is 0 Å². The number of aromatic nitrogens is 2. The van der Waals surface area contributed by atoms with Crippen LogP contribution in [0.2, 0.25) is 0 Å². The van der Waals surface area contributed by atoms with Crippen molar-refractivity contribution in [3.63, 3.8) is 0 Å². The van der Waals surface area contributed by atoms with Crippen molar-refractivity contribution in [3.8, 4) is 5.75 Å². The fourth-order valence-electron chi connectivity index (χ4n) is 3.16. The van der Waals surface area contributed by atoms with E-state index in [-0.39, 0.29) is 0 Å². The molecule has 4 heteroatoms. The van der Waals surface area contributed by atoms with Crippen LogP contribution in [0.15, 0.2) is 48.8 Å². The number of fused-ring (bicyclic) bond motifs is 2. The second kappa shape index (κ2) is 5.88. The first kappa shape index (κ1) is 14.0. The van der Waals surface area contributed by atoms with E-state index < -0.39 is 0 Å². The smallest absolute Gasteiger partial charge is 0.137 e. The summed E-state index contributed by atoms with van der Waals surface area (Å²) in [4.78, 5) is 8.78. The summed E-state index contributed by atoms with van der Waals surface area (Å²) >= 11 is 0. The third-order valence-corrected chi connectivity index (χ3v) is 4.39. The van der Waals surface area contributed by atoms with Gasteiger partial charge in [-0.25, -0.2) is 9.97 Å². The van der Waals surface area contributed by atoms with Crippen molar-refractivity contribution in [1.82, 2.24) is 9.97 Å². The number of nitrogens with one attached hydrogen (secondary N) is 1. The van der Waals surface area contributed by atoms with Crippen LogP contribution in [0.1, 0.15) is 23.5 Å². The third-order valence-electron chi connectivity index (χ3n) is 4.39. The lowest BCUT2D eigenvalue weighted by atomic mass is 9.93. The maximum Gasteiger partial charge on any atom is 0.137 e. The number of hydrogen-bond acceptors (Lipinski definition) is 4. The summed E-state index contributed by atoms with van der Waals surface area (Å²) in [6.45, 7) is 3.71. The van der Waals surface area contributed by atoms with Crippen LogP contribution in [0.5, 0.6) is 5.75 Å². The second-order valence-electron chi connectivity index (χ2n) is 6.00. The van der Waals surface area contributed by atoms with Crippen molar-refractivity contribution >= 4 is 16.7 Å². The zero-order chi connectivity index (χ0) is 15.6. The fraction of sp³-hybridized carbons (Fsp3) is 0.263. The number of para-hydroxylation sites is 1. The molecule has 0 saturated carbocycles. The molecule has 2 heterocycles.